The molecule has 0 unspecified atom stereocenters. The molecule has 2 aromatic carbocycles. The van der Waals surface area contributed by atoms with Crippen molar-refractivity contribution in [3.63, 3.8) is 0 Å². The second-order valence-electron chi connectivity index (χ2n) is 4.27. The number of benzene rings is 2. The predicted molar refractivity (Wildman–Crippen MR) is 77.1 cm³/mol. The molecule has 0 bridgehead atoms. The van der Waals surface area contributed by atoms with Crippen molar-refractivity contribution in [2.24, 2.45) is 0 Å². The third-order valence-corrected chi connectivity index (χ3v) is 3.44. The standard InChI is InChI=1S/C15H12BrF3O2/c1-20-9-21-14-8-11(5-6-13(14)16)10-3-2-4-12(7-10)15(17,18)19/h2-8H,9H2,1H3. The summed E-state index contributed by atoms with van der Waals surface area (Å²) in [5.41, 5.74) is 0.428. The minimum atomic E-state index is -4.36. The molecule has 0 amide bonds. The van der Waals surface area contributed by atoms with E-state index in [-0.39, 0.29) is 6.79 Å². The summed E-state index contributed by atoms with van der Waals surface area (Å²) in [5.74, 6) is 0.506. The molecule has 0 saturated carbocycles. The zero-order chi connectivity index (χ0) is 15.5. The van der Waals surface area contributed by atoms with Gasteiger partial charge in [0.15, 0.2) is 6.79 Å². The fourth-order valence-corrected chi connectivity index (χ4v) is 2.15. The zero-order valence-electron chi connectivity index (χ0n) is 11.1. The van der Waals surface area contributed by atoms with Gasteiger partial charge in [0, 0.05) is 7.11 Å². The van der Waals surface area contributed by atoms with Crippen LogP contribution < -0.4 is 4.74 Å². The maximum absolute atomic E-state index is 12.7. The normalized spacial score (nSPS) is 11.5. The van der Waals surface area contributed by atoms with Crippen LogP contribution in [0.2, 0.25) is 0 Å². The Hall–Kier alpha value is -1.53. The van der Waals surface area contributed by atoms with E-state index in [0.717, 1.165) is 12.1 Å². The second-order valence-corrected chi connectivity index (χ2v) is 5.13. The maximum Gasteiger partial charge on any atom is 0.416 e. The van der Waals surface area contributed by atoms with Gasteiger partial charge in [-0.05, 0) is 51.3 Å². The first kappa shape index (κ1) is 15.9. The molecule has 21 heavy (non-hydrogen) atoms. The molecule has 0 saturated heterocycles. The monoisotopic (exact) mass is 360 g/mol. The van der Waals surface area contributed by atoms with Gasteiger partial charge in [-0.1, -0.05) is 18.2 Å². The van der Waals surface area contributed by atoms with Gasteiger partial charge in [-0.2, -0.15) is 13.2 Å². The molecule has 2 aromatic rings. The van der Waals surface area contributed by atoms with Gasteiger partial charge in [-0.3, -0.25) is 0 Å². The topological polar surface area (TPSA) is 18.5 Å². The quantitative estimate of drug-likeness (QED) is 0.704. The highest BCUT2D eigenvalue weighted by molar-refractivity contribution is 9.10. The first-order chi connectivity index (χ1) is 9.91. The molecule has 0 radical (unpaired) electrons. The summed E-state index contributed by atoms with van der Waals surface area (Å²) in [6, 6.07) is 10.3. The van der Waals surface area contributed by atoms with Crippen molar-refractivity contribution in [2.45, 2.75) is 6.18 Å². The van der Waals surface area contributed by atoms with E-state index in [1.807, 2.05) is 0 Å². The lowest BCUT2D eigenvalue weighted by molar-refractivity contribution is -0.137. The lowest BCUT2D eigenvalue weighted by Gasteiger charge is -2.11. The Kier molecular flexibility index (Phi) is 4.90. The number of methoxy groups -OCH3 is 1. The zero-order valence-corrected chi connectivity index (χ0v) is 12.7. The molecule has 0 aliphatic heterocycles. The van der Waals surface area contributed by atoms with Crippen molar-refractivity contribution >= 4 is 15.9 Å². The van der Waals surface area contributed by atoms with Gasteiger partial charge < -0.3 is 9.47 Å². The molecule has 112 valence electrons. The summed E-state index contributed by atoms with van der Waals surface area (Å²) in [6.07, 6.45) is -4.36. The van der Waals surface area contributed by atoms with Crippen LogP contribution in [0, 0.1) is 0 Å². The summed E-state index contributed by atoms with van der Waals surface area (Å²) >= 11 is 3.32. The first-order valence-corrected chi connectivity index (χ1v) is 6.80. The molecule has 0 aliphatic carbocycles. The Labute approximate surface area is 128 Å². The summed E-state index contributed by atoms with van der Waals surface area (Å²) in [6.45, 7) is 0.0602. The van der Waals surface area contributed by atoms with Crippen molar-refractivity contribution < 1.29 is 22.6 Å². The van der Waals surface area contributed by atoms with E-state index in [0.29, 0.717) is 21.3 Å². The Morgan fingerprint density at radius 2 is 1.76 bits per heavy atom. The lowest BCUT2D eigenvalue weighted by atomic mass is 10.0. The van der Waals surface area contributed by atoms with Crippen molar-refractivity contribution in [1.82, 2.24) is 0 Å². The molecule has 0 aromatic heterocycles. The molecule has 0 heterocycles. The molecule has 2 nitrogen and oxygen atoms in total. The fourth-order valence-electron chi connectivity index (χ4n) is 1.79. The van der Waals surface area contributed by atoms with Gasteiger partial charge >= 0.3 is 6.18 Å². The van der Waals surface area contributed by atoms with Crippen molar-refractivity contribution in [3.05, 3.63) is 52.5 Å². The van der Waals surface area contributed by atoms with Crippen LogP contribution in [-0.2, 0) is 10.9 Å². The molecule has 0 N–H and O–H groups in total. The highest BCUT2D eigenvalue weighted by Crippen LogP contribution is 2.34. The van der Waals surface area contributed by atoms with E-state index in [1.54, 1.807) is 24.3 Å². The molecule has 6 heteroatoms. The lowest BCUT2D eigenvalue weighted by Crippen LogP contribution is -2.04. The van der Waals surface area contributed by atoms with Crippen molar-refractivity contribution in [1.29, 1.82) is 0 Å². The number of alkyl halides is 3. The molecular formula is C15H12BrF3O2. The minimum Gasteiger partial charge on any atom is -0.466 e. The van der Waals surface area contributed by atoms with Crippen LogP contribution in [0.5, 0.6) is 5.75 Å². The number of rotatable bonds is 4. The average molecular weight is 361 g/mol. The van der Waals surface area contributed by atoms with Crippen LogP contribution in [0.1, 0.15) is 5.56 Å². The van der Waals surface area contributed by atoms with E-state index in [4.69, 9.17) is 9.47 Å². The molecular weight excluding hydrogens is 349 g/mol. The van der Waals surface area contributed by atoms with Crippen LogP contribution in [0.4, 0.5) is 13.2 Å². The van der Waals surface area contributed by atoms with Crippen LogP contribution in [0.3, 0.4) is 0 Å². The number of ether oxygens (including phenoxy) is 2. The third kappa shape index (κ3) is 3.98. The molecule has 0 atom stereocenters. The van der Waals surface area contributed by atoms with Gasteiger partial charge in [-0.15, -0.1) is 0 Å². The van der Waals surface area contributed by atoms with Crippen molar-refractivity contribution in [3.8, 4) is 16.9 Å². The van der Waals surface area contributed by atoms with Crippen molar-refractivity contribution in [2.75, 3.05) is 13.9 Å². The highest BCUT2D eigenvalue weighted by atomic mass is 79.9. The second kappa shape index (κ2) is 6.49. The molecule has 0 fully saturated rings. The van der Waals surface area contributed by atoms with Crippen LogP contribution >= 0.6 is 15.9 Å². The van der Waals surface area contributed by atoms with Gasteiger partial charge in [-0.25, -0.2) is 0 Å². The number of halogens is 4. The SMILES string of the molecule is COCOc1cc(-c2cccc(C(F)(F)F)c2)ccc1Br. The number of hydrogen-bond acceptors (Lipinski definition) is 2. The molecule has 2 rings (SSSR count). The predicted octanol–water partition coefficient (Wildman–Crippen LogP) is 5.12. The first-order valence-electron chi connectivity index (χ1n) is 6.01. The van der Waals surface area contributed by atoms with E-state index in [2.05, 4.69) is 15.9 Å². The fraction of sp³-hybridized carbons (Fsp3) is 0.200. The Balaban J connectivity index is 2.38. The van der Waals surface area contributed by atoms with Gasteiger partial charge in [0.2, 0.25) is 0 Å². The molecule has 0 spiro atoms. The minimum absolute atomic E-state index is 0.0602. The Morgan fingerprint density at radius 3 is 2.43 bits per heavy atom. The van der Waals surface area contributed by atoms with Crippen LogP contribution in [0.15, 0.2) is 46.9 Å². The number of hydrogen-bond donors (Lipinski definition) is 0. The highest BCUT2D eigenvalue weighted by Gasteiger charge is 2.30. The summed E-state index contributed by atoms with van der Waals surface area (Å²) in [7, 11) is 1.49. The smallest absolute Gasteiger partial charge is 0.416 e. The summed E-state index contributed by atoms with van der Waals surface area (Å²) in [4.78, 5) is 0. The van der Waals surface area contributed by atoms with Gasteiger partial charge in [0.1, 0.15) is 5.75 Å². The van der Waals surface area contributed by atoms with Gasteiger partial charge in [0.05, 0.1) is 10.0 Å². The Morgan fingerprint density at radius 1 is 1.05 bits per heavy atom. The largest absolute Gasteiger partial charge is 0.466 e. The third-order valence-electron chi connectivity index (χ3n) is 2.79. The average Bonchev–Trinajstić information content (AvgIpc) is 2.46. The van der Waals surface area contributed by atoms with Crippen LogP contribution in [-0.4, -0.2) is 13.9 Å². The summed E-state index contributed by atoms with van der Waals surface area (Å²) < 4.78 is 49.1. The van der Waals surface area contributed by atoms with Crippen LogP contribution in [0.25, 0.3) is 11.1 Å². The maximum atomic E-state index is 12.7. The van der Waals surface area contributed by atoms with Gasteiger partial charge in [0.25, 0.3) is 0 Å². The Bertz CT molecular complexity index is 627. The van der Waals surface area contributed by atoms with E-state index < -0.39 is 11.7 Å². The van der Waals surface area contributed by atoms with E-state index in [9.17, 15) is 13.2 Å². The summed E-state index contributed by atoms with van der Waals surface area (Å²) in [5, 5.41) is 0. The molecule has 0 aliphatic rings. The van der Waals surface area contributed by atoms with E-state index in [1.165, 1.54) is 13.2 Å². The van der Waals surface area contributed by atoms with E-state index >= 15 is 0 Å².